The van der Waals surface area contributed by atoms with Crippen molar-refractivity contribution in [3.63, 3.8) is 0 Å². The molecule has 2 aromatic carbocycles. The largest absolute Gasteiger partial charge is 0.511 e. The van der Waals surface area contributed by atoms with Gasteiger partial charge in [-0.15, -0.1) is 0 Å². The van der Waals surface area contributed by atoms with Crippen LogP contribution in [0.25, 0.3) is 27.5 Å². The van der Waals surface area contributed by atoms with Crippen LogP contribution in [0.3, 0.4) is 0 Å². The van der Waals surface area contributed by atoms with Gasteiger partial charge in [0.05, 0.1) is 53.2 Å². The second-order valence-electron chi connectivity index (χ2n) is 13.1. The number of nitrogens with one attached hydrogen (secondary N) is 1. The van der Waals surface area contributed by atoms with Gasteiger partial charge in [-0.2, -0.15) is 0 Å². The summed E-state index contributed by atoms with van der Waals surface area (Å²) in [5.41, 5.74) is 0.736. The summed E-state index contributed by atoms with van der Waals surface area (Å²) in [4.78, 5) is 76.7. The highest BCUT2D eigenvalue weighted by Crippen LogP contribution is 2.26. The number of morpholine rings is 1. The van der Waals surface area contributed by atoms with Crippen LogP contribution in [0.15, 0.2) is 70.6 Å². The standard InChI is InChI=1S/C37H37FN6O9.C2H4F2.C2H6/c1-21(2)53-37(49)52-20-51-35(47)28(41-33(45)31-22(3)16-24(18-27(31)38)43-12-14-50-15-13-43)17-23-7-8-29(32-25(23)6-5-10-40-32)44-34(46)26-9-11-39-19-30(26)42(4)36(44)48;1-2(3)4;1-2/h5-11,16,18-19,21,28H,12-15,17,20H2,1-4H3,(H,41,45);2H,1H3;1-2H3/t28-;;/m0../s1. The summed E-state index contributed by atoms with van der Waals surface area (Å²) in [6, 6.07) is 9.48. The van der Waals surface area contributed by atoms with Crippen molar-refractivity contribution < 1.29 is 46.5 Å². The molecule has 3 aromatic heterocycles. The van der Waals surface area contributed by atoms with Gasteiger partial charge in [0.15, 0.2) is 0 Å². The SMILES string of the molecule is CC.CC(F)F.Cc1cc(N2CCOCC2)cc(F)c1C(=O)N[C@@H](Cc1ccc(-n2c(=O)c3ccncc3n(C)c2=O)c2ncccc12)C(=O)OCOC(=O)OC(C)C. The Morgan fingerprint density at radius 1 is 0.966 bits per heavy atom. The van der Waals surface area contributed by atoms with Crippen LogP contribution in [0.5, 0.6) is 0 Å². The zero-order chi connectivity index (χ0) is 43.4. The molecule has 1 aliphatic heterocycles. The lowest BCUT2D eigenvalue weighted by atomic mass is 9.99. The van der Waals surface area contributed by atoms with Gasteiger partial charge < -0.3 is 29.2 Å². The Labute approximate surface area is 337 Å². The van der Waals surface area contributed by atoms with Crippen LogP contribution in [0.4, 0.5) is 23.7 Å². The van der Waals surface area contributed by atoms with E-state index in [1.165, 1.54) is 48.4 Å². The van der Waals surface area contributed by atoms with Gasteiger partial charge in [0.25, 0.3) is 11.5 Å². The molecule has 1 saturated heterocycles. The molecular formula is C41H47F3N6O9. The molecule has 6 rings (SSSR count). The lowest BCUT2D eigenvalue weighted by molar-refractivity contribution is -0.155. The van der Waals surface area contributed by atoms with Gasteiger partial charge in [0.1, 0.15) is 11.9 Å². The van der Waals surface area contributed by atoms with E-state index in [2.05, 4.69) is 15.3 Å². The van der Waals surface area contributed by atoms with E-state index in [9.17, 15) is 32.8 Å². The van der Waals surface area contributed by atoms with Crippen molar-refractivity contribution in [3.8, 4) is 5.69 Å². The molecular weight excluding hydrogens is 777 g/mol. The van der Waals surface area contributed by atoms with Crippen LogP contribution >= 0.6 is 0 Å². The number of esters is 1. The number of fused-ring (bicyclic) bond motifs is 2. The zero-order valence-corrected chi connectivity index (χ0v) is 33.8. The van der Waals surface area contributed by atoms with E-state index in [0.717, 1.165) is 11.5 Å². The number of aryl methyl sites for hydroxylation is 2. The number of pyridine rings is 2. The van der Waals surface area contributed by atoms with Crippen molar-refractivity contribution in [3.05, 3.63) is 104 Å². The fourth-order valence-electron chi connectivity index (χ4n) is 6.21. The number of carbonyl (C=O) groups is 3. The molecule has 316 valence electrons. The summed E-state index contributed by atoms with van der Waals surface area (Å²) in [7, 11) is 1.53. The van der Waals surface area contributed by atoms with Crippen LogP contribution in [-0.4, -0.2) is 88.8 Å². The van der Waals surface area contributed by atoms with E-state index >= 15 is 4.39 Å². The number of nitrogens with zero attached hydrogens (tertiary/aromatic N) is 5. The number of alkyl halides is 2. The minimum absolute atomic E-state index is 0.187. The highest BCUT2D eigenvalue weighted by molar-refractivity contribution is 5.99. The number of ether oxygens (including phenoxy) is 4. The third-order valence-electron chi connectivity index (χ3n) is 8.75. The number of hydrogen-bond acceptors (Lipinski definition) is 12. The van der Waals surface area contributed by atoms with Crippen LogP contribution in [0.2, 0.25) is 0 Å². The van der Waals surface area contributed by atoms with Gasteiger partial charge in [0.2, 0.25) is 13.2 Å². The highest BCUT2D eigenvalue weighted by atomic mass is 19.3. The summed E-state index contributed by atoms with van der Waals surface area (Å²) in [6.45, 7) is 10.9. The smallest absolute Gasteiger partial charge is 0.431 e. The molecule has 1 N–H and O–H groups in total. The minimum Gasteiger partial charge on any atom is -0.431 e. The average molecular weight is 825 g/mol. The number of anilines is 1. The van der Waals surface area contributed by atoms with E-state index in [0.29, 0.717) is 54.0 Å². The zero-order valence-electron chi connectivity index (χ0n) is 33.8. The number of carbonyl (C=O) groups excluding carboxylic acids is 3. The Bertz CT molecular complexity index is 2370. The molecule has 0 saturated carbocycles. The quantitative estimate of drug-likeness (QED) is 0.136. The van der Waals surface area contributed by atoms with Gasteiger partial charge in [-0.1, -0.05) is 26.0 Å². The maximum Gasteiger partial charge on any atom is 0.511 e. The van der Waals surface area contributed by atoms with Gasteiger partial charge in [-0.25, -0.2) is 32.1 Å². The van der Waals surface area contributed by atoms with Gasteiger partial charge >= 0.3 is 17.8 Å². The number of benzene rings is 2. The van der Waals surface area contributed by atoms with Crippen LogP contribution in [-0.2, 0) is 37.2 Å². The molecule has 4 heterocycles. The normalized spacial score (nSPS) is 12.9. The van der Waals surface area contributed by atoms with E-state index in [4.69, 9.17) is 18.9 Å². The first kappa shape index (κ1) is 45.4. The highest BCUT2D eigenvalue weighted by Gasteiger charge is 2.28. The van der Waals surface area contributed by atoms with Crippen molar-refractivity contribution in [1.29, 1.82) is 0 Å². The van der Waals surface area contributed by atoms with Gasteiger partial charge in [-0.3, -0.25) is 24.1 Å². The Morgan fingerprint density at radius 2 is 1.66 bits per heavy atom. The Hall–Kier alpha value is -6.30. The maximum absolute atomic E-state index is 15.6. The molecule has 1 fully saturated rings. The first-order valence-electron chi connectivity index (χ1n) is 18.8. The van der Waals surface area contributed by atoms with Gasteiger partial charge in [-0.05, 0) is 69.2 Å². The van der Waals surface area contributed by atoms with E-state index in [1.54, 1.807) is 45.0 Å². The third kappa shape index (κ3) is 11.2. The lowest BCUT2D eigenvalue weighted by Gasteiger charge is -2.29. The van der Waals surface area contributed by atoms with Gasteiger partial charge in [0, 0.05) is 50.0 Å². The number of aromatic nitrogens is 4. The molecule has 0 aliphatic carbocycles. The van der Waals surface area contributed by atoms with E-state index in [-0.39, 0.29) is 28.6 Å². The number of amides is 1. The second-order valence-corrected chi connectivity index (χ2v) is 13.1. The molecule has 0 unspecified atom stereocenters. The van der Waals surface area contributed by atoms with Crippen molar-refractivity contribution in [1.82, 2.24) is 24.4 Å². The monoisotopic (exact) mass is 824 g/mol. The molecule has 1 atom stereocenters. The molecule has 59 heavy (non-hydrogen) atoms. The van der Waals surface area contributed by atoms with E-state index < -0.39 is 60.5 Å². The first-order chi connectivity index (χ1) is 28.2. The molecule has 1 aliphatic rings. The summed E-state index contributed by atoms with van der Waals surface area (Å²) < 4.78 is 59.0. The van der Waals surface area contributed by atoms with Crippen LogP contribution in [0, 0.1) is 12.7 Å². The maximum atomic E-state index is 15.6. The fourth-order valence-corrected chi connectivity index (χ4v) is 6.21. The summed E-state index contributed by atoms with van der Waals surface area (Å²) in [5, 5.41) is 3.31. The number of rotatable bonds is 10. The minimum atomic E-state index is -2.17. The average Bonchev–Trinajstić information content (AvgIpc) is 3.20. The van der Waals surface area contributed by atoms with Crippen molar-refractivity contribution in [2.45, 2.75) is 66.5 Å². The van der Waals surface area contributed by atoms with E-state index in [1.807, 2.05) is 18.7 Å². The summed E-state index contributed by atoms with van der Waals surface area (Å²) in [5.74, 6) is -2.66. The first-order valence-corrected chi connectivity index (χ1v) is 18.8. The van der Waals surface area contributed by atoms with Crippen LogP contribution in [0.1, 0.15) is 56.1 Å². The fraction of sp³-hybridized carbons (Fsp3) is 0.390. The Morgan fingerprint density at radius 3 is 2.32 bits per heavy atom. The predicted octanol–water partition coefficient (Wildman–Crippen LogP) is 5.62. The summed E-state index contributed by atoms with van der Waals surface area (Å²) >= 11 is 0. The molecule has 15 nitrogen and oxygen atoms in total. The lowest BCUT2D eigenvalue weighted by Crippen LogP contribution is -2.44. The number of halogens is 3. The number of hydrogen-bond donors (Lipinski definition) is 1. The molecule has 5 aromatic rings. The second kappa shape index (κ2) is 20.9. The summed E-state index contributed by atoms with van der Waals surface area (Å²) in [6.07, 6.45) is 0.459. The molecule has 1 amide bonds. The third-order valence-corrected chi connectivity index (χ3v) is 8.75. The molecule has 0 spiro atoms. The Kier molecular flexibility index (Phi) is 16.1. The topological polar surface area (TPSA) is 173 Å². The van der Waals surface area contributed by atoms with Crippen molar-refractivity contribution in [2.75, 3.05) is 38.0 Å². The molecule has 0 radical (unpaired) electrons. The molecule has 18 heteroatoms. The van der Waals surface area contributed by atoms with Crippen molar-refractivity contribution in [2.24, 2.45) is 7.05 Å². The molecule has 0 bridgehead atoms. The van der Waals surface area contributed by atoms with Crippen LogP contribution < -0.4 is 21.5 Å². The predicted molar refractivity (Wildman–Crippen MR) is 214 cm³/mol. The Balaban J connectivity index is 0.00000121. The van der Waals surface area contributed by atoms with Crippen molar-refractivity contribution >= 4 is 45.5 Å².